The average Bonchev–Trinajstić information content (AvgIpc) is 3.57. The van der Waals surface area contributed by atoms with E-state index in [1.54, 1.807) is 5.56 Å². The molecule has 0 heterocycles. The topological polar surface area (TPSA) is 0 Å². The van der Waals surface area contributed by atoms with Crippen molar-refractivity contribution in [1.29, 1.82) is 0 Å². The second kappa shape index (κ2) is 20.2. The van der Waals surface area contributed by atoms with E-state index in [4.69, 9.17) is 0 Å². The van der Waals surface area contributed by atoms with Gasteiger partial charge in [0, 0.05) is 5.41 Å². The summed E-state index contributed by atoms with van der Waals surface area (Å²) in [5.74, 6) is 0.674. The van der Waals surface area contributed by atoms with Crippen molar-refractivity contribution >= 4 is 0 Å². The molecule has 67 heavy (non-hydrogen) atoms. The first kappa shape index (κ1) is 45.1. The van der Waals surface area contributed by atoms with Gasteiger partial charge in [-0.1, -0.05) is 245 Å². The number of benzene rings is 9. The molecule has 0 aliphatic heterocycles. The standard InChI is InChI=1S/C30H28.C28H24.C9H12/c1-21-13-15-23(16-14-21)24-17-19-25(20-18-24)28-11-6-12-29(30(28)26-8-5-9-26)27-10-4-3-7-22(27)2;1-19-9-11-21(12-10-19)23-14-16-25-24-15-13-22(20-7-5-4-6-8-20)17-26(24)28(2,3)27(25)18-23;1-2-6-9-7-4-3-5-8-9/h3-4,6-7,10-20,26H,5,8-9H2,1-2H3;4-18H,1-3H3;3-5,7-8H,2,6H2,1H3. The lowest BCUT2D eigenvalue weighted by Crippen LogP contribution is -2.15. The summed E-state index contributed by atoms with van der Waals surface area (Å²) in [5.41, 5.74) is 25.7. The van der Waals surface area contributed by atoms with Gasteiger partial charge in [0.1, 0.15) is 0 Å². The molecule has 2 aliphatic rings. The van der Waals surface area contributed by atoms with Crippen LogP contribution in [0.25, 0.3) is 66.8 Å². The molecule has 0 aromatic heterocycles. The second-order valence-electron chi connectivity index (χ2n) is 19.3. The monoisotopic (exact) mass is 869 g/mol. The Kier molecular flexibility index (Phi) is 13.6. The molecule has 0 bridgehead atoms. The summed E-state index contributed by atoms with van der Waals surface area (Å²) in [6.07, 6.45) is 6.40. The Morgan fingerprint density at radius 3 is 1.34 bits per heavy atom. The fraction of sp³-hybridized carbons (Fsp3) is 0.194. The average molecular weight is 869 g/mol. The fourth-order valence-corrected chi connectivity index (χ4v) is 10.1. The minimum absolute atomic E-state index is 0.00381. The van der Waals surface area contributed by atoms with Crippen molar-refractivity contribution < 1.29 is 0 Å². The quantitative estimate of drug-likeness (QED) is 0.143. The molecule has 0 nitrogen and oxygen atoms in total. The zero-order chi connectivity index (χ0) is 46.3. The van der Waals surface area contributed by atoms with E-state index in [0.717, 1.165) is 0 Å². The van der Waals surface area contributed by atoms with E-state index < -0.39 is 0 Å². The van der Waals surface area contributed by atoms with Gasteiger partial charge in [0.05, 0.1) is 0 Å². The summed E-state index contributed by atoms with van der Waals surface area (Å²) in [5, 5.41) is 0. The van der Waals surface area contributed by atoms with Crippen LogP contribution < -0.4 is 0 Å². The molecule has 0 N–H and O–H groups in total. The first-order valence-corrected chi connectivity index (χ1v) is 24.5. The maximum absolute atomic E-state index is 2.39. The Labute approximate surface area is 401 Å². The van der Waals surface area contributed by atoms with Crippen LogP contribution >= 0.6 is 0 Å². The van der Waals surface area contributed by atoms with Gasteiger partial charge in [-0.3, -0.25) is 0 Å². The molecule has 0 atom stereocenters. The lowest BCUT2D eigenvalue weighted by Gasteiger charge is -2.31. The highest BCUT2D eigenvalue weighted by molar-refractivity contribution is 5.86. The van der Waals surface area contributed by atoms with E-state index in [-0.39, 0.29) is 5.41 Å². The van der Waals surface area contributed by atoms with Gasteiger partial charge >= 0.3 is 0 Å². The summed E-state index contributed by atoms with van der Waals surface area (Å²) in [7, 11) is 0. The van der Waals surface area contributed by atoms with Crippen LogP contribution in [0.4, 0.5) is 0 Å². The van der Waals surface area contributed by atoms with Gasteiger partial charge in [-0.2, -0.15) is 0 Å². The smallest absolute Gasteiger partial charge is 0.0159 e. The van der Waals surface area contributed by atoms with E-state index in [0.29, 0.717) is 5.92 Å². The molecule has 0 unspecified atom stereocenters. The molecule has 0 radical (unpaired) electrons. The van der Waals surface area contributed by atoms with Crippen LogP contribution in [0.15, 0.2) is 212 Å². The van der Waals surface area contributed by atoms with Crippen LogP contribution in [-0.2, 0) is 11.8 Å². The number of rotatable bonds is 8. The van der Waals surface area contributed by atoms with Crippen molar-refractivity contribution in [1.82, 2.24) is 0 Å². The molecule has 2 aliphatic carbocycles. The molecule has 1 saturated carbocycles. The molecular weight excluding hydrogens is 805 g/mol. The Hall–Kier alpha value is -7.02. The molecule has 0 spiro atoms. The van der Waals surface area contributed by atoms with Gasteiger partial charge in [0.2, 0.25) is 0 Å². The summed E-state index contributed by atoms with van der Waals surface area (Å²) < 4.78 is 0. The lowest BCUT2D eigenvalue weighted by molar-refractivity contribution is 0.421. The summed E-state index contributed by atoms with van der Waals surface area (Å²) in [6.45, 7) is 13.4. The van der Waals surface area contributed by atoms with Gasteiger partial charge < -0.3 is 0 Å². The minimum Gasteiger partial charge on any atom is -0.0651 e. The highest BCUT2D eigenvalue weighted by Gasteiger charge is 2.36. The van der Waals surface area contributed by atoms with E-state index in [9.17, 15) is 0 Å². The van der Waals surface area contributed by atoms with Crippen LogP contribution in [-0.4, -0.2) is 0 Å². The molecule has 11 rings (SSSR count). The predicted molar refractivity (Wildman–Crippen MR) is 289 cm³/mol. The van der Waals surface area contributed by atoms with E-state index in [1.165, 1.54) is 132 Å². The summed E-state index contributed by atoms with van der Waals surface area (Å²) >= 11 is 0. The molecule has 9 aromatic carbocycles. The van der Waals surface area contributed by atoms with Gasteiger partial charge in [0.15, 0.2) is 0 Å². The lowest BCUT2D eigenvalue weighted by atomic mass is 9.74. The number of hydrogen-bond acceptors (Lipinski definition) is 0. The van der Waals surface area contributed by atoms with Crippen molar-refractivity contribution in [3.63, 3.8) is 0 Å². The molecule has 9 aromatic rings. The predicted octanol–water partition coefficient (Wildman–Crippen LogP) is 18.8. The van der Waals surface area contributed by atoms with Gasteiger partial charge in [-0.05, 0) is 153 Å². The normalized spacial score (nSPS) is 13.2. The van der Waals surface area contributed by atoms with Crippen molar-refractivity contribution in [3.05, 3.63) is 251 Å². The van der Waals surface area contributed by atoms with Crippen molar-refractivity contribution in [2.24, 2.45) is 0 Å². The third kappa shape index (κ3) is 9.91. The molecule has 1 fully saturated rings. The summed E-state index contributed by atoms with van der Waals surface area (Å²) in [4.78, 5) is 0. The first-order chi connectivity index (χ1) is 32.7. The molecular formula is C67H64. The zero-order valence-electron chi connectivity index (χ0n) is 40.3. The first-order valence-electron chi connectivity index (χ1n) is 24.5. The minimum atomic E-state index is -0.00381. The van der Waals surface area contributed by atoms with Crippen LogP contribution in [0.1, 0.15) is 91.3 Å². The Balaban J connectivity index is 0.000000142. The highest BCUT2D eigenvalue weighted by atomic mass is 14.4. The molecule has 332 valence electrons. The Morgan fingerprint density at radius 2 is 0.821 bits per heavy atom. The number of aryl methyl sites for hydroxylation is 4. The highest BCUT2D eigenvalue weighted by Crippen LogP contribution is 2.51. The SMILES string of the molecule is CCCc1ccccc1.Cc1ccc(-c2ccc(-c3cccc(-c4ccccc4C)c3C3CCC3)cc2)cc1.Cc1ccc(-c2ccc3c(c2)C(C)(C)c2cc(-c4ccccc4)ccc2-3)cc1. The molecule has 0 amide bonds. The third-order valence-corrected chi connectivity index (χ3v) is 14.2. The van der Waals surface area contributed by atoms with Crippen molar-refractivity contribution in [3.8, 4) is 66.8 Å². The van der Waals surface area contributed by atoms with Crippen molar-refractivity contribution in [2.45, 2.75) is 85.0 Å². The van der Waals surface area contributed by atoms with Crippen LogP contribution in [0.5, 0.6) is 0 Å². The maximum atomic E-state index is 2.39. The number of hydrogen-bond donors (Lipinski definition) is 0. The van der Waals surface area contributed by atoms with Crippen molar-refractivity contribution in [2.75, 3.05) is 0 Å². The zero-order valence-corrected chi connectivity index (χ0v) is 40.3. The van der Waals surface area contributed by atoms with Crippen LogP contribution in [0.2, 0.25) is 0 Å². The van der Waals surface area contributed by atoms with Gasteiger partial charge in [-0.25, -0.2) is 0 Å². The van der Waals surface area contributed by atoms with Gasteiger partial charge in [0.25, 0.3) is 0 Å². The fourth-order valence-electron chi connectivity index (χ4n) is 10.1. The van der Waals surface area contributed by atoms with Crippen LogP contribution in [0, 0.1) is 20.8 Å². The van der Waals surface area contributed by atoms with Gasteiger partial charge in [-0.15, -0.1) is 0 Å². The third-order valence-electron chi connectivity index (χ3n) is 14.2. The van der Waals surface area contributed by atoms with E-state index in [2.05, 4.69) is 254 Å². The van der Waals surface area contributed by atoms with Crippen LogP contribution in [0.3, 0.4) is 0 Å². The Morgan fingerprint density at radius 1 is 0.388 bits per heavy atom. The number of fused-ring (bicyclic) bond motifs is 3. The largest absolute Gasteiger partial charge is 0.0651 e. The Bertz CT molecular complexity index is 3060. The van der Waals surface area contributed by atoms with E-state index in [1.807, 2.05) is 0 Å². The maximum Gasteiger partial charge on any atom is 0.0159 e. The summed E-state index contributed by atoms with van der Waals surface area (Å²) in [6, 6.07) is 77.6. The molecule has 0 heteroatoms. The molecule has 0 saturated heterocycles. The second-order valence-corrected chi connectivity index (χ2v) is 19.3. The van der Waals surface area contributed by atoms with E-state index >= 15 is 0 Å².